The first-order chi connectivity index (χ1) is 13.7. The molecule has 0 fully saturated rings. The summed E-state index contributed by atoms with van der Waals surface area (Å²) in [6, 6.07) is 12.0. The third kappa shape index (κ3) is 2.94. The molecule has 3 aromatic rings. The van der Waals surface area contributed by atoms with Crippen LogP contribution in [0, 0.1) is 6.92 Å². The molecular weight excluding hydrogens is 354 g/mol. The lowest BCUT2D eigenvalue weighted by Gasteiger charge is -2.29. The number of cyclic esters (lactones) is 1. The quantitative estimate of drug-likeness (QED) is 0.702. The number of carbonyl (C=O) groups excluding carboxylic acids is 1. The SMILES string of the molecule is Cc1ccc2c(c1)CCCN2c1ncnc(Nc2ccc3c(c2)C(=O)OC3)n1. The zero-order valence-corrected chi connectivity index (χ0v) is 15.5. The van der Waals surface area contributed by atoms with Gasteiger partial charge in [-0.1, -0.05) is 23.8 Å². The van der Waals surface area contributed by atoms with E-state index in [9.17, 15) is 4.79 Å². The third-order valence-corrected chi connectivity index (χ3v) is 5.10. The largest absolute Gasteiger partial charge is 0.457 e. The number of aryl methyl sites for hydroxylation is 2. The highest BCUT2D eigenvalue weighted by Gasteiger charge is 2.22. The van der Waals surface area contributed by atoms with Crippen molar-refractivity contribution in [2.24, 2.45) is 0 Å². The summed E-state index contributed by atoms with van der Waals surface area (Å²) in [6.45, 7) is 3.30. The Morgan fingerprint density at radius 1 is 1.11 bits per heavy atom. The first kappa shape index (κ1) is 16.7. The average molecular weight is 373 g/mol. The fraction of sp³-hybridized carbons (Fsp3) is 0.238. The van der Waals surface area contributed by atoms with Crippen molar-refractivity contribution in [2.75, 3.05) is 16.8 Å². The van der Waals surface area contributed by atoms with E-state index < -0.39 is 0 Å². The van der Waals surface area contributed by atoms with Gasteiger partial charge in [0.1, 0.15) is 12.9 Å². The van der Waals surface area contributed by atoms with Crippen molar-refractivity contribution >= 4 is 29.2 Å². The van der Waals surface area contributed by atoms with Gasteiger partial charge in [-0.2, -0.15) is 4.98 Å². The van der Waals surface area contributed by atoms with Crippen LogP contribution in [0.2, 0.25) is 0 Å². The van der Waals surface area contributed by atoms with Crippen molar-refractivity contribution in [3.05, 3.63) is 65.0 Å². The van der Waals surface area contributed by atoms with E-state index in [2.05, 4.69) is 50.3 Å². The Kier molecular flexibility index (Phi) is 3.93. The molecule has 0 radical (unpaired) electrons. The summed E-state index contributed by atoms with van der Waals surface area (Å²) in [5.41, 5.74) is 5.94. The van der Waals surface area contributed by atoms with Crippen LogP contribution in [0.25, 0.3) is 0 Å². The second-order valence-electron chi connectivity index (χ2n) is 7.07. The van der Waals surface area contributed by atoms with E-state index in [1.165, 1.54) is 17.5 Å². The minimum Gasteiger partial charge on any atom is -0.457 e. The summed E-state index contributed by atoms with van der Waals surface area (Å²) < 4.78 is 5.05. The lowest BCUT2D eigenvalue weighted by molar-refractivity contribution is 0.0535. The summed E-state index contributed by atoms with van der Waals surface area (Å²) in [7, 11) is 0. The second kappa shape index (κ2) is 6.60. The molecule has 7 heteroatoms. The molecule has 0 bridgehead atoms. The highest BCUT2D eigenvalue weighted by molar-refractivity contribution is 5.94. The van der Waals surface area contributed by atoms with Crippen LogP contribution in [0.4, 0.5) is 23.3 Å². The van der Waals surface area contributed by atoms with Gasteiger partial charge in [0.15, 0.2) is 0 Å². The van der Waals surface area contributed by atoms with Crippen LogP contribution in [0.1, 0.15) is 33.5 Å². The van der Waals surface area contributed by atoms with Crippen molar-refractivity contribution in [3.8, 4) is 0 Å². The molecule has 2 aromatic carbocycles. The standard InChI is InChI=1S/C21H19N5O2/c1-13-4-7-18-14(9-13)3-2-8-26(18)21-23-12-22-20(25-21)24-16-6-5-15-11-28-19(27)17(15)10-16/h4-7,9-10,12H,2-3,8,11H2,1H3,(H,22,23,24,25). The smallest absolute Gasteiger partial charge is 0.338 e. The molecule has 7 nitrogen and oxygen atoms in total. The number of hydrogen-bond acceptors (Lipinski definition) is 7. The Labute approximate surface area is 162 Å². The Morgan fingerprint density at radius 3 is 2.96 bits per heavy atom. The molecule has 0 aliphatic carbocycles. The summed E-state index contributed by atoms with van der Waals surface area (Å²) in [4.78, 5) is 27.1. The van der Waals surface area contributed by atoms with Gasteiger partial charge in [0.2, 0.25) is 11.9 Å². The molecule has 2 aliphatic heterocycles. The van der Waals surface area contributed by atoms with Gasteiger partial charge in [0.05, 0.1) is 5.56 Å². The number of benzene rings is 2. The Morgan fingerprint density at radius 2 is 2.04 bits per heavy atom. The van der Waals surface area contributed by atoms with Crippen LogP contribution in [0.3, 0.4) is 0 Å². The number of aromatic nitrogens is 3. The molecule has 0 spiro atoms. The maximum Gasteiger partial charge on any atom is 0.338 e. The zero-order chi connectivity index (χ0) is 19.1. The van der Waals surface area contributed by atoms with Crippen LogP contribution < -0.4 is 10.2 Å². The third-order valence-electron chi connectivity index (χ3n) is 5.10. The first-order valence-electron chi connectivity index (χ1n) is 9.30. The average Bonchev–Trinajstić information content (AvgIpc) is 3.08. The maximum absolute atomic E-state index is 11.8. The van der Waals surface area contributed by atoms with Crippen molar-refractivity contribution in [2.45, 2.75) is 26.4 Å². The summed E-state index contributed by atoms with van der Waals surface area (Å²) >= 11 is 0. The molecular formula is C21H19N5O2. The first-order valence-corrected chi connectivity index (χ1v) is 9.30. The van der Waals surface area contributed by atoms with E-state index >= 15 is 0 Å². The summed E-state index contributed by atoms with van der Waals surface area (Å²) in [5, 5.41) is 3.17. The summed E-state index contributed by atoms with van der Waals surface area (Å²) in [6.07, 6.45) is 3.63. The molecule has 0 saturated carbocycles. The molecule has 2 aliphatic rings. The van der Waals surface area contributed by atoms with Crippen molar-refractivity contribution in [1.82, 2.24) is 15.0 Å². The van der Waals surface area contributed by atoms with E-state index in [1.54, 1.807) is 6.07 Å². The van der Waals surface area contributed by atoms with Gasteiger partial charge in [0, 0.05) is 23.5 Å². The van der Waals surface area contributed by atoms with E-state index in [4.69, 9.17) is 4.74 Å². The Bertz CT molecular complexity index is 1080. The van der Waals surface area contributed by atoms with Gasteiger partial charge in [-0.25, -0.2) is 14.8 Å². The topological polar surface area (TPSA) is 80.2 Å². The van der Waals surface area contributed by atoms with Crippen molar-refractivity contribution in [1.29, 1.82) is 0 Å². The minimum absolute atomic E-state index is 0.296. The van der Waals surface area contributed by atoms with Gasteiger partial charge in [-0.15, -0.1) is 0 Å². The molecule has 1 aromatic heterocycles. The maximum atomic E-state index is 11.8. The number of nitrogens with one attached hydrogen (secondary N) is 1. The molecule has 0 saturated heterocycles. The highest BCUT2D eigenvalue weighted by atomic mass is 16.5. The number of rotatable bonds is 3. The number of ether oxygens (including phenoxy) is 1. The van der Waals surface area contributed by atoms with Gasteiger partial charge < -0.3 is 15.0 Å². The number of carbonyl (C=O) groups is 1. The zero-order valence-electron chi connectivity index (χ0n) is 15.5. The van der Waals surface area contributed by atoms with Crippen LogP contribution >= 0.6 is 0 Å². The van der Waals surface area contributed by atoms with Gasteiger partial charge in [0.25, 0.3) is 0 Å². The second-order valence-corrected chi connectivity index (χ2v) is 7.07. The normalized spacial score (nSPS) is 15.0. The van der Waals surface area contributed by atoms with E-state index in [0.717, 1.165) is 36.3 Å². The monoisotopic (exact) mass is 373 g/mol. The number of esters is 1. The van der Waals surface area contributed by atoms with Crippen molar-refractivity contribution < 1.29 is 9.53 Å². The van der Waals surface area contributed by atoms with E-state index in [0.29, 0.717) is 24.1 Å². The predicted molar refractivity (Wildman–Crippen MR) is 105 cm³/mol. The molecule has 3 heterocycles. The van der Waals surface area contributed by atoms with E-state index in [1.807, 2.05) is 12.1 Å². The molecule has 0 atom stereocenters. The summed E-state index contributed by atoms with van der Waals surface area (Å²) in [5.74, 6) is 0.758. The van der Waals surface area contributed by atoms with Crippen molar-refractivity contribution in [3.63, 3.8) is 0 Å². The van der Waals surface area contributed by atoms with Crippen LogP contribution in [-0.2, 0) is 17.8 Å². The van der Waals surface area contributed by atoms with Crippen LogP contribution in [0.5, 0.6) is 0 Å². The number of hydrogen-bond donors (Lipinski definition) is 1. The molecule has 0 unspecified atom stereocenters. The van der Waals surface area contributed by atoms with E-state index in [-0.39, 0.29) is 5.97 Å². The molecule has 0 amide bonds. The lowest BCUT2D eigenvalue weighted by Crippen LogP contribution is -2.26. The van der Waals surface area contributed by atoms with Crippen LogP contribution in [-0.4, -0.2) is 27.5 Å². The fourth-order valence-corrected chi connectivity index (χ4v) is 3.73. The Hall–Kier alpha value is -3.48. The van der Waals surface area contributed by atoms with Gasteiger partial charge >= 0.3 is 5.97 Å². The predicted octanol–water partition coefficient (Wildman–Crippen LogP) is 3.68. The van der Waals surface area contributed by atoms with Gasteiger partial charge in [-0.3, -0.25) is 0 Å². The molecule has 140 valence electrons. The number of fused-ring (bicyclic) bond motifs is 2. The highest BCUT2D eigenvalue weighted by Crippen LogP contribution is 2.32. The minimum atomic E-state index is -0.296. The fourth-order valence-electron chi connectivity index (χ4n) is 3.73. The van der Waals surface area contributed by atoms with Crippen LogP contribution in [0.15, 0.2) is 42.7 Å². The number of nitrogens with zero attached hydrogens (tertiary/aromatic N) is 4. The molecule has 28 heavy (non-hydrogen) atoms. The molecule has 1 N–H and O–H groups in total. The van der Waals surface area contributed by atoms with Gasteiger partial charge in [-0.05, 0) is 43.5 Å². The lowest BCUT2D eigenvalue weighted by atomic mass is 10.00. The Balaban J connectivity index is 1.44. The molecule has 5 rings (SSSR count). The number of anilines is 4.